The van der Waals surface area contributed by atoms with Crippen LogP contribution < -0.4 is 9.47 Å². The van der Waals surface area contributed by atoms with E-state index < -0.39 is 0 Å². The number of benzene rings is 5. The molecule has 0 aliphatic heterocycles. The van der Waals surface area contributed by atoms with E-state index in [0.717, 1.165) is 57.7 Å². The normalized spacial score (nSPS) is 10.1. The van der Waals surface area contributed by atoms with Crippen LogP contribution in [-0.2, 0) is 12.8 Å². The van der Waals surface area contributed by atoms with Crippen molar-refractivity contribution in [3.8, 4) is 35.2 Å². The summed E-state index contributed by atoms with van der Waals surface area (Å²) in [7, 11) is 3.44. The second-order valence-corrected chi connectivity index (χ2v) is 9.46. The lowest BCUT2D eigenvalue weighted by Gasteiger charge is -2.15. The lowest BCUT2D eigenvalue weighted by molar-refractivity contribution is 0.396. The second kappa shape index (κ2) is 13.1. The highest BCUT2D eigenvalue weighted by Crippen LogP contribution is 2.32. The van der Waals surface area contributed by atoms with Crippen molar-refractivity contribution in [2.24, 2.45) is 0 Å². The van der Waals surface area contributed by atoms with E-state index >= 15 is 0 Å². The highest BCUT2D eigenvalue weighted by molar-refractivity contribution is 5.51. The topological polar surface area (TPSA) is 18.5 Å². The van der Waals surface area contributed by atoms with Crippen molar-refractivity contribution in [1.82, 2.24) is 0 Å². The van der Waals surface area contributed by atoms with E-state index in [9.17, 15) is 0 Å². The SMILES string of the molecule is COc1cc(Cc2ccc(C#Cc3ccccc3)cc2)c(OC)cc1Cc1ccc(C#Cc2ccccc2)cc1. The van der Waals surface area contributed by atoms with Gasteiger partial charge in [0.2, 0.25) is 0 Å². The van der Waals surface area contributed by atoms with Gasteiger partial charge >= 0.3 is 0 Å². The Kier molecular flexibility index (Phi) is 8.63. The minimum atomic E-state index is 0.737. The molecule has 5 aromatic carbocycles. The Bertz CT molecular complexity index is 1550. The highest BCUT2D eigenvalue weighted by Gasteiger charge is 2.13. The smallest absolute Gasteiger partial charge is 0.122 e. The molecule has 0 spiro atoms. The molecule has 0 heterocycles. The van der Waals surface area contributed by atoms with E-state index in [1.807, 2.05) is 60.7 Å². The summed E-state index contributed by atoms with van der Waals surface area (Å²) in [5.74, 6) is 14.6. The first kappa shape index (κ1) is 26.4. The van der Waals surface area contributed by atoms with Crippen molar-refractivity contribution in [3.63, 3.8) is 0 Å². The van der Waals surface area contributed by atoms with Gasteiger partial charge in [0.1, 0.15) is 11.5 Å². The van der Waals surface area contributed by atoms with Gasteiger partial charge in [-0.3, -0.25) is 0 Å². The molecule has 0 fully saturated rings. The van der Waals surface area contributed by atoms with Gasteiger partial charge in [0, 0.05) is 46.2 Å². The third-order valence-corrected chi connectivity index (χ3v) is 6.63. The van der Waals surface area contributed by atoms with E-state index in [0.29, 0.717) is 0 Å². The molecule has 0 atom stereocenters. The Labute approximate surface area is 237 Å². The van der Waals surface area contributed by atoms with Gasteiger partial charge in [0.05, 0.1) is 14.2 Å². The first-order valence-electron chi connectivity index (χ1n) is 13.3. The Morgan fingerprint density at radius 1 is 0.425 bits per heavy atom. The molecule has 0 aromatic heterocycles. The van der Waals surface area contributed by atoms with Gasteiger partial charge in [-0.1, -0.05) is 84.3 Å². The minimum absolute atomic E-state index is 0.737. The van der Waals surface area contributed by atoms with Crippen LogP contribution in [0.25, 0.3) is 0 Å². The molecule has 2 heteroatoms. The van der Waals surface area contributed by atoms with E-state index in [1.165, 1.54) is 11.1 Å². The van der Waals surface area contributed by atoms with E-state index in [2.05, 4.69) is 84.3 Å². The highest BCUT2D eigenvalue weighted by atomic mass is 16.5. The van der Waals surface area contributed by atoms with Gasteiger partial charge in [0.25, 0.3) is 0 Å². The number of ether oxygens (including phenoxy) is 2. The van der Waals surface area contributed by atoms with Gasteiger partial charge in [0.15, 0.2) is 0 Å². The molecule has 0 N–H and O–H groups in total. The van der Waals surface area contributed by atoms with Crippen LogP contribution in [0.2, 0.25) is 0 Å². The van der Waals surface area contributed by atoms with Crippen LogP contribution in [0, 0.1) is 23.7 Å². The second-order valence-electron chi connectivity index (χ2n) is 9.46. The molecule has 0 saturated carbocycles. The third-order valence-electron chi connectivity index (χ3n) is 6.63. The third kappa shape index (κ3) is 7.02. The fourth-order valence-corrected chi connectivity index (χ4v) is 4.48. The number of rotatable bonds is 6. The standard InChI is InChI=1S/C38H30O2/c1-39-37-27-36(26-34-23-19-32(20-24-34)16-14-30-11-7-4-8-12-30)38(40-2)28-35(37)25-33-21-17-31(18-22-33)15-13-29-9-5-3-6-10-29/h3-12,17-24,27-28H,25-26H2,1-2H3. The maximum Gasteiger partial charge on any atom is 0.122 e. The van der Waals surface area contributed by atoms with E-state index in [1.54, 1.807) is 14.2 Å². The molecule has 194 valence electrons. The van der Waals surface area contributed by atoms with Gasteiger partial charge in [-0.15, -0.1) is 0 Å². The van der Waals surface area contributed by atoms with Crippen molar-refractivity contribution in [1.29, 1.82) is 0 Å². The summed E-state index contributed by atoms with van der Waals surface area (Å²) in [6.45, 7) is 0. The molecule has 0 aliphatic carbocycles. The van der Waals surface area contributed by atoms with Crippen molar-refractivity contribution in [2.45, 2.75) is 12.8 Å². The molecule has 0 saturated heterocycles. The van der Waals surface area contributed by atoms with Crippen LogP contribution in [0.4, 0.5) is 0 Å². The van der Waals surface area contributed by atoms with Crippen LogP contribution in [0.5, 0.6) is 11.5 Å². The van der Waals surface area contributed by atoms with Crippen LogP contribution >= 0.6 is 0 Å². The Morgan fingerprint density at radius 2 is 0.750 bits per heavy atom. The molecular formula is C38H30O2. The average Bonchev–Trinajstić information content (AvgIpc) is 3.02. The summed E-state index contributed by atoms with van der Waals surface area (Å²) in [4.78, 5) is 0. The van der Waals surface area contributed by atoms with E-state index in [4.69, 9.17) is 9.47 Å². The lowest BCUT2D eigenvalue weighted by Crippen LogP contribution is -2.00. The monoisotopic (exact) mass is 518 g/mol. The largest absolute Gasteiger partial charge is 0.496 e. The van der Waals surface area contributed by atoms with Gasteiger partial charge < -0.3 is 9.47 Å². The Hall–Kier alpha value is -5.18. The summed E-state index contributed by atoms with van der Waals surface area (Å²) in [5.41, 5.74) is 8.54. The van der Waals surface area contributed by atoms with Crippen LogP contribution in [0.3, 0.4) is 0 Å². The average molecular weight is 519 g/mol. The summed E-state index contributed by atoms with van der Waals surface area (Å²) >= 11 is 0. The van der Waals surface area contributed by atoms with Crippen LogP contribution in [-0.4, -0.2) is 14.2 Å². The molecule has 5 rings (SSSR count). The van der Waals surface area contributed by atoms with Gasteiger partial charge in [-0.05, 0) is 71.8 Å². The zero-order valence-corrected chi connectivity index (χ0v) is 22.8. The summed E-state index contributed by atoms with van der Waals surface area (Å²) in [6, 6.07) is 41.0. The summed E-state index contributed by atoms with van der Waals surface area (Å²) in [6.07, 6.45) is 1.47. The van der Waals surface area contributed by atoms with Crippen LogP contribution in [0.1, 0.15) is 44.5 Å². The van der Waals surface area contributed by atoms with E-state index in [-0.39, 0.29) is 0 Å². The Morgan fingerprint density at radius 3 is 1.07 bits per heavy atom. The molecule has 5 aromatic rings. The molecular weight excluding hydrogens is 488 g/mol. The van der Waals surface area contributed by atoms with Crippen molar-refractivity contribution in [2.75, 3.05) is 14.2 Å². The summed E-state index contributed by atoms with van der Waals surface area (Å²) in [5, 5.41) is 0. The number of methoxy groups -OCH3 is 2. The number of hydrogen-bond donors (Lipinski definition) is 0. The predicted molar refractivity (Wildman–Crippen MR) is 163 cm³/mol. The zero-order valence-electron chi connectivity index (χ0n) is 22.8. The van der Waals surface area contributed by atoms with Crippen molar-refractivity contribution in [3.05, 3.63) is 166 Å². The molecule has 0 bridgehead atoms. The predicted octanol–water partition coefficient (Wildman–Crippen LogP) is 7.69. The Balaban J connectivity index is 1.29. The molecule has 0 amide bonds. The van der Waals surface area contributed by atoms with Gasteiger partial charge in [-0.25, -0.2) is 0 Å². The maximum absolute atomic E-state index is 5.80. The molecule has 2 nitrogen and oxygen atoms in total. The zero-order chi connectivity index (χ0) is 27.6. The fourth-order valence-electron chi connectivity index (χ4n) is 4.48. The minimum Gasteiger partial charge on any atom is -0.496 e. The lowest BCUT2D eigenvalue weighted by atomic mass is 9.97. The molecule has 0 unspecified atom stereocenters. The van der Waals surface area contributed by atoms with Crippen molar-refractivity contribution >= 4 is 0 Å². The quantitative estimate of drug-likeness (QED) is 0.215. The first-order chi connectivity index (χ1) is 19.7. The van der Waals surface area contributed by atoms with Crippen molar-refractivity contribution < 1.29 is 9.47 Å². The molecule has 0 aliphatic rings. The summed E-state index contributed by atoms with van der Waals surface area (Å²) < 4.78 is 11.6. The van der Waals surface area contributed by atoms with Gasteiger partial charge in [-0.2, -0.15) is 0 Å². The first-order valence-corrected chi connectivity index (χ1v) is 13.3. The maximum atomic E-state index is 5.80. The molecule has 40 heavy (non-hydrogen) atoms. The number of hydrogen-bond acceptors (Lipinski definition) is 2. The molecule has 0 radical (unpaired) electrons. The van der Waals surface area contributed by atoms with Crippen LogP contribution in [0.15, 0.2) is 121 Å². The fraction of sp³-hybridized carbons (Fsp3) is 0.105.